The third-order valence-electron chi connectivity index (χ3n) is 3.96. The van der Waals surface area contributed by atoms with E-state index in [0.29, 0.717) is 0 Å². The largest absolute Gasteiger partial charge is 0.316 e. The van der Waals surface area contributed by atoms with Crippen LogP contribution < -0.4 is 5.32 Å². The first-order valence-electron chi connectivity index (χ1n) is 7.44. The molecule has 0 saturated heterocycles. The molecule has 0 spiro atoms. The van der Waals surface area contributed by atoms with Crippen LogP contribution in [-0.4, -0.2) is 18.1 Å². The van der Waals surface area contributed by atoms with Gasteiger partial charge in [-0.2, -0.15) is 0 Å². The standard InChI is InChI=1S/C17H24N2S/c1-3-10-18-13-17(4-2,11-16-12-20-14-19-16)15-8-6-5-7-9-15/h5-9,12,14,18H,3-4,10-11,13H2,1-2H3. The lowest BCUT2D eigenvalue weighted by Gasteiger charge is -2.33. The number of nitrogens with zero attached hydrogens (tertiary/aromatic N) is 1. The van der Waals surface area contributed by atoms with Crippen LogP contribution in [0.2, 0.25) is 0 Å². The van der Waals surface area contributed by atoms with Gasteiger partial charge in [-0.05, 0) is 24.9 Å². The van der Waals surface area contributed by atoms with Crippen LogP contribution in [-0.2, 0) is 11.8 Å². The third kappa shape index (κ3) is 3.68. The van der Waals surface area contributed by atoms with Gasteiger partial charge in [-0.3, -0.25) is 0 Å². The Kier molecular flexibility index (Phi) is 5.74. The Balaban J connectivity index is 2.25. The molecule has 0 aliphatic rings. The Hall–Kier alpha value is -1.19. The Morgan fingerprint density at radius 1 is 1.20 bits per heavy atom. The van der Waals surface area contributed by atoms with Crippen molar-refractivity contribution >= 4 is 11.3 Å². The van der Waals surface area contributed by atoms with Crippen molar-refractivity contribution in [1.29, 1.82) is 0 Å². The van der Waals surface area contributed by atoms with Crippen molar-refractivity contribution in [2.75, 3.05) is 13.1 Å². The lowest BCUT2D eigenvalue weighted by molar-refractivity contribution is 0.375. The zero-order chi connectivity index (χ0) is 14.3. The molecule has 0 bridgehead atoms. The van der Waals surface area contributed by atoms with Gasteiger partial charge in [-0.25, -0.2) is 4.98 Å². The molecule has 0 amide bonds. The summed E-state index contributed by atoms with van der Waals surface area (Å²) in [6, 6.07) is 10.9. The average Bonchev–Trinajstić information content (AvgIpc) is 3.00. The van der Waals surface area contributed by atoms with Crippen LogP contribution in [0.15, 0.2) is 41.2 Å². The molecule has 0 radical (unpaired) electrons. The minimum atomic E-state index is 0.143. The smallest absolute Gasteiger partial charge is 0.0794 e. The van der Waals surface area contributed by atoms with Crippen molar-refractivity contribution in [3.63, 3.8) is 0 Å². The van der Waals surface area contributed by atoms with Gasteiger partial charge in [0, 0.05) is 23.8 Å². The van der Waals surface area contributed by atoms with Gasteiger partial charge in [0.15, 0.2) is 0 Å². The van der Waals surface area contributed by atoms with Crippen molar-refractivity contribution in [3.8, 4) is 0 Å². The molecule has 0 aliphatic carbocycles. The molecule has 2 rings (SSSR count). The summed E-state index contributed by atoms with van der Waals surface area (Å²) in [7, 11) is 0. The second-order valence-electron chi connectivity index (χ2n) is 5.33. The molecule has 20 heavy (non-hydrogen) atoms. The minimum absolute atomic E-state index is 0.143. The second-order valence-corrected chi connectivity index (χ2v) is 6.05. The third-order valence-corrected chi connectivity index (χ3v) is 4.59. The van der Waals surface area contributed by atoms with Crippen molar-refractivity contribution in [3.05, 3.63) is 52.5 Å². The summed E-state index contributed by atoms with van der Waals surface area (Å²) >= 11 is 1.68. The first-order chi connectivity index (χ1) is 9.80. The first kappa shape index (κ1) is 15.2. The fourth-order valence-electron chi connectivity index (χ4n) is 2.69. The second kappa shape index (κ2) is 7.55. The van der Waals surface area contributed by atoms with Crippen LogP contribution in [0.5, 0.6) is 0 Å². The van der Waals surface area contributed by atoms with Gasteiger partial charge in [0.1, 0.15) is 0 Å². The molecule has 1 aromatic heterocycles. The monoisotopic (exact) mass is 288 g/mol. The maximum Gasteiger partial charge on any atom is 0.0794 e. The number of thiazole rings is 1. The lowest BCUT2D eigenvalue weighted by Crippen LogP contribution is -2.40. The molecule has 3 heteroatoms. The van der Waals surface area contributed by atoms with Crippen LogP contribution >= 0.6 is 11.3 Å². The highest BCUT2D eigenvalue weighted by atomic mass is 32.1. The molecule has 1 heterocycles. The van der Waals surface area contributed by atoms with Crippen LogP contribution in [0.3, 0.4) is 0 Å². The van der Waals surface area contributed by atoms with Gasteiger partial charge >= 0.3 is 0 Å². The molecule has 1 atom stereocenters. The first-order valence-corrected chi connectivity index (χ1v) is 8.38. The number of aromatic nitrogens is 1. The van der Waals surface area contributed by atoms with E-state index in [-0.39, 0.29) is 5.41 Å². The molecular formula is C17H24N2S. The number of hydrogen-bond acceptors (Lipinski definition) is 3. The molecule has 1 N–H and O–H groups in total. The van der Waals surface area contributed by atoms with E-state index in [1.54, 1.807) is 11.3 Å². The number of hydrogen-bond donors (Lipinski definition) is 1. The van der Waals surface area contributed by atoms with E-state index in [9.17, 15) is 0 Å². The molecule has 0 fully saturated rings. The zero-order valence-electron chi connectivity index (χ0n) is 12.4. The molecule has 1 unspecified atom stereocenters. The van der Waals surface area contributed by atoms with Gasteiger partial charge in [-0.15, -0.1) is 11.3 Å². The van der Waals surface area contributed by atoms with Gasteiger partial charge in [-0.1, -0.05) is 44.2 Å². The van der Waals surface area contributed by atoms with E-state index >= 15 is 0 Å². The fraction of sp³-hybridized carbons (Fsp3) is 0.471. The van der Waals surface area contributed by atoms with Gasteiger partial charge in [0.25, 0.3) is 0 Å². The summed E-state index contributed by atoms with van der Waals surface area (Å²) in [6.07, 6.45) is 3.30. The number of benzene rings is 1. The van der Waals surface area contributed by atoms with Crippen molar-refractivity contribution in [2.45, 2.75) is 38.5 Å². The number of nitrogens with one attached hydrogen (secondary N) is 1. The molecule has 0 aliphatic heterocycles. The summed E-state index contributed by atoms with van der Waals surface area (Å²) in [5.74, 6) is 0. The summed E-state index contributed by atoms with van der Waals surface area (Å²) in [5.41, 5.74) is 4.70. The highest BCUT2D eigenvalue weighted by Crippen LogP contribution is 2.31. The van der Waals surface area contributed by atoms with Crippen LogP contribution in [0.25, 0.3) is 0 Å². The fourth-order valence-corrected chi connectivity index (χ4v) is 3.25. The van der Waals surface area contributed by atoms with E-state index in [4.69, 9.17) is 0 Å². The predicted molar refractivity (Wildman–Crippen MR) is 87.4 cm³/mol. The molecular weight excluding hydrogens is 264 g/mol. The topological polar surface area (TPSA) is 24.9 Å². The predicted octanol–water partition coefficient (Wildman–Crippen LogP) is 4.03. The zero-order valence-corrected chi connectivity index (χ0v) is 13.2. The Labute approximate surface area is 126 Å². The summed E-state index contributed by atoms with van der Waals surface area (Å²) in [5, 5.41) is 5.79. The van der Waals surface area contributed by atoms with Crippen LogP contribution in [0.1, 0.15) is 37.9 Å². The van der Waals surface area contributed by atoms with E-state index in [1.165, 1.54) is 17.7 Å². The maximum absolute atomic E-state index is 4.49. The molecule has 0 saturated carbocycles. The van der Waals surface area contributed by atoms with Crippen LogP contribution in [0, 0.1) is 0 Å². The van der Waals surface area contributed by atoms with Gasteiger partial charge in [0.2, 0.25) is 0 Å². The normalized spacial score (nSPS) is 14.1. The average molecular weight is 288 g/mol. The van der Waals surface area contributed by atoms with E-state index in [2.05, 4.69) is 59.9 Å². The lowest BCUT2D eigenvalue weighted by atomic mass is 9.74. The van der Waals surface area contributed by atoms with Crippen molar-refractivity contribution in [1.82, 2.24) is 10.3 Å². The van der Waals surface area contributed by atoms with Crippen molar-refractivity contribution < 1.29 is 0 Å². The quantitative estimate of drug-likeness (QED) is 0.742. The van der Waals surface area contributed by atoms with Gasteiger partial charge in [0.05, 0.1) is 11.2 Å². The maximum atomic E-state index is 4.49. The highest BCUT2D eigenvalue weighted by Gasteiger charge is 2.30. The SMILES string of the molecule is CCCNCC(CC)(Cc1cscn1)c1ccccc1. The molecule has 2 aromatic rings. The van der Waals surface area contributed by atoms with E-state index in [0.717, 1.165) is 25.9 Å². The van der Waals surface area contributed by atoms with E-state index in [1.807, 2.05) is 5.51 Å². The Morgan fingerprint density at radius 2 is 2.00 bits per heavy atom. The van der Waals surface area contributed by atoms with Gasteiger partial charge < -0.3 is 5.32 Å². The molecule has 2 nitrogen and oxygen atoms in total. The highest BCUT2D eigenvalue weighted by molar-refractivity contribution is 7.07. The summed E-state index contributed by atoms with van der Waals surface area (Å²) < 4.78 is 0. The summed E-state index contributed by atoms with van der Waals surface area (Å²) in [4.78, 5) is 4.49. The van der Waals surface area contributed by atoms with Crippen molar-refractivity contribution in [2.24, 2.45) is 0 Å². The Morgan fingerprint density at radius 3 is 2.60 bits per heavy atom. The number of rotatable bonds is 8. The molecule has 1 aromatic carbocycles. The summed E-state index contributed by atoms with van der Waals surface area (Å²) in [6.45, 7) is 6.58. The van der Waals surface area contributed by atoms with E-state index < -0.39 is 0 Å². The Bertz CT molecular complexity index is 481. The van der Waals surface area contributed by atoms with Crippen LogP contribution in [0.4, 0.5) is 0 Å². The molecule has 108 valence electrons. The minimum Gasteiger partial charge on any atom is -0.316 e.